The maximum absolute atomic E-state index is 12.3. The minimum Gasteiger partial charge on any atom is -0.296 e. The van der Waals surface area contributed by atoms with E-state index in [0.717, 1.165) is 29.6 Å². The van der Waals surface area contributed by atoms with E-state index >= 15 is 0 Å². The van der Waals surface area contributed by atoms with Gasteiger partial charge in [-0.25, -0.2) is 9.97 Å². The number of nitrogens with zero attached hydrogens (tertiary/aromatic N) is 3. The number of fused-ring (bicyclic) bond motifs is 1. The van der Waals surface area contributed by atoms with E-state index in [9.17, 15) is 4.79 Å². The Hall–Kier alpha value is -1.91. The summed E-state index contributed by atoms with van der Waals surface area (Å²) in [6, 6.07) is 2.37. The van der Waals surface area contributed by atoms with Crippen LogP contribution in [0.5, 0.6) is 0 Å². The van der Waals surface area contributed by atoms with Crippen molar-refractivity contribution in [2.75, 3.05) is 5.32 Å². The van der Waals surface area contributed by atoms with Crippen LogP contribution in [0.4, 0.5) is 5.95 Å². The molecule has 1 aliphatic rings. The number of amides is 1. The molecule has 2 aromatic heterocycles. The molecule has 0 spiro atoms. The van der Waals surface area contributed by atoms with Crippen molar-refractivity contribution in [2.45, 2.75) is 66.8 Å². The molecule has 5 nitrogen and oxygen atoms in total. The summed E-state index contributed by atoms with van der Waals surface area (Å²) >= 11 is 0. The van der Waals surface area contributed by atoms with Gasteiger partial charge in [-0.1, -0.05) is 28.2 Å². The first-order valence-electron chi connectivity index (χ1n) is 7.98. The molecule has 1 N–H and O–H groups in total. The third kappa shape index (κ3) is 3.54. The summed E-state index contributed by atoms with van der Waals surface area (Å²) < 4.78 is 2.12. The zero-order chi connectivity index (χ0) is 15.9. The van der Waals surface area contributed by atoms with Crippen molar-refractivity contribution in [3.8, 4) is 0 Å². The molecule has 1 amide bonds. The number of pyridine rings is 1. The Kier molecular flexibility index (Phi) is 4.78. The van der Waals surface area contributed by atoms with E-state index in [1.807, 2.05) is 19.2 Å². The number of nitrogens with one attached hydrogen (secondary N) is 1. The monoisotopic (exact) mass is 316 g/mol. The van der Waals surface area contributed by atoms with Crippen molar-refractivity contribution in [1.82, 2.24) is 14.5 Å². The minimum absolute atomic E-state index is 0. The summed E-state index contributed by atoms with van der Waals surface area (Å²) in [5, 5.41) is 3.01. The van der Waals surface area contributed by atoms with Gasteiger partial charge in [0.15, 0.2) is 5.65 Å². The van der Waals surface area contributed by atoms with Crippen LogP contribution in [0.2, 0.25) is 0 Å². The number of aryl methyl sites for hydroxylation is 1. The number of aromatic nitrogens is 3. The number of rotatable bonds is 3. The van der Waals surface area contributed by atoms with Crippen molar-refractivity contribution in [2.24, 2.45) is 5.41 Å². The first-order chi connectivity index (χ1) is 10.3. The van der Waals surface area contributed by atoms with E-state index in [-0.39, 0.29) is 18.7 Å². The Labute approximate surface area is 138 Å². The van der Waals surface area contributed by atoms with E-state index in [1.54, 1.807) is 0 Å². The molecule has 2 heterocycles. The molecular formula is C18H28N4O. The van der Waals surface area contributed by atoms with Crippen LogP contribution in [0.15, 0.2) is 12.3 Å². The van der Waals surface area contributed by atoms with E-state index < -0.39 is 0 Å². The van der Waals surface area contributed by atoms with Gasteiger partial charge in [0, 0.05) is 18.7 Å². The molecule has 0 radical (unpaired) electrons. The maximum Gasteiger partial charge on any atom is 0.227 e. The number of anilines is 1. The predicted octanol–water partition coefficient (Wildman–Crippen LogP) is 4.48. The number of carbonyl (C=O) groups excluding carboxylic acids is 1. The molecule has 2 aromatic rings. The van der Waals surface area contributed by atoms with Gasteiger partial charge in [0.2, 0.25) is 11.9 Å². The van der Waals surface area contributed by atoms with E-state index in [4.69, 9.17) is 0 Å². The second kappa shape index (κ2) is 6.30. The van der Waals surface area contributed by atoms with Crippen molar-refractivity contribution in [1.29, 1.82) is 0 Å². The fraction of sp³-hybridized carbons (Fsp3) is 0.611. The molecule has 0 bridgehead atoms. The quantitative estimate of drug-likeness (QED) is 0.908. The van der Waals surface area contributed by atoms with Gasteiger partial charge in [0.1, 0.15) is 5.52 Å². The SMILES string of the molecule is C.Cc1ccnc2c1nc(NC(=O)CC(C)(C)C)n2C1CCC1. The van der Waals surface area contributed by atoms with Crippen molar-refractivity contribution in [3.05, 3.63) is 17.8 Å². The number of hydrogen-bond acceptors (Lipinski definition) is 3. The van der Waals surface area contributed by atoms with Crippen molar-refractivity contribution >= 4 is 23.0 Å². The van der Waals surface area contributed by atoms with Crippen LogP contribution in [0.25, 0.3) is 11.2 Å². The lowest BCUT2D eigenvalue weighted by molar-refractivity contribution is -0.117. The molecule has 0 unspecified atom stereocenters. The predicted molar refractivity (Wildman–Crippen MR) is 94.6 cm³/mol. The van der Waals surface area contributed by atoms with Crippen LogP contribution in [-0.2, 0) is 4.79 Å². The third-order valence-electron chi connectivity index (χ3n) is 4.16. The highest BCUT2D eigenvalue weighted by atomic mass is 16.1. The largest absolute Gasteiger partial charge is 0.296 e. The lowest BCUT2D eigenvalue weighted by Gasteiger charge is -2.28. The minimum atomic E-state index is -0.0361. The molecule has 1 fully saturated rings. The molecule has 3 rings (SSSR count). The van der Waals surface area contributed by atoms with Crippen LogP contribution in [0, 0.1) is 12.3 Å². The van der Waals surface area contributed by atoms with Gasteiger partial charge in [-0.15, -0.1) is 0 Å². The molecule has 126 valence electrons. The van der Waals surface area contributed by atoms with E-state index in [1.165, 1.54) is 6.42 Å². The van der Waals surface area contributed by atoms with Crippen LogP contribution in [-0.4, -0.2) is 20.4 Å². The van der Waals surface area contributed by atoms with Crippen LogP contribution in [0.3, 0.4) is 0 Å². The normalized spacial score (nSPS) is 15.1. The zero-order valence-corrected chi connectivity index (χ0v) is 13.8. The summed E-state index contributed by atoms with van der Waals surface area (Å²) in [5.74, 6) is 0.664. The molecule has 5 heteroatoms. The summed E-state index contributed by atoms with van der Waals surface area (Å²) in [4.78, 5) is 21.4. The number of hydrogen-bond donors (Lipinski definition) is 1. The molecule has 0 aromatic carbocycles. The summed E-state index contributed by atoms with van der Waals surface area (Å²) in [5.41, 5.74) is 2.83. The standard InChI is InChI=1S/C17H24N4O.CH4/c1-11-8-9-18-15-14(11)20-16(21(15)12-6-5-7-12)19-13(22)10-17(2,3)4;/h8-9,12H,5-7,10H2,1-4H3,(H,19,20,22);1H4. The van der Waals surface area contributed by atoms with Crippen LogP contribution >= 0.6 is 0 Å². The Morgan fingerprint density at radius 1 is 1.39 bits per heavy atom. The Bertz CT molecular complexity index is 708. The number of carbonyl (C=O) groups is 1. The molecule has 1 saturated carbocycles. The van der Waals surface area contributed by atoms with Gasteiger partial charge in [0.05, 0.1) is 0 Å². The molecule has 1 aliphatic carbocycles. The number of imidazole rings is 1. The maximum atomic E-state index is 12.3. The molecule has 23 heavy (non-hydrogen) atoms. The van der Waals surface area contributed by atoms with Gasteiger partial charge in [-0.05, 0) is 43.2 Å². The summed E-state index contributed by atoms with van der Waals surface area (Å²) in [6.07, 6.45) is 5.78. The lowest BCUT2D eigenvalue weighted by Crippen LogP contribution is -2.24. The first-order valence-corrected chi connectivity index (χ1v) is 7.98. The highest BCUT2D eigenvalue weighted by Crippen LogP contribution is 2.37. The summed E-state index contributed by atoms with van der Waals surface area (Å²) in [6.45, 7) is 8.22. The third-order valence-corrected chi connectivity index (χ3v) is 4.16. The van der Waals surface area contributed by atoms with Crippen molar-refractivity contribution in [3.63, 3.8) is 0 Å². The smallest absolute Gasteiger partial charge is 0.227 e. The van der Waals surface area contributed by atoms with Gasteiger partial charge in [-0.3, -0.25) is 14.7 Å². The second-order valence-electron chi connectivity index (χ2n) is 7.48. The topological polar surface area (TPSA) is 59.8 Å². The molecule has 0 saturated heterocycles. The van der Waals surface area contributed by atoms with Gasteiger partial charge in [0.25, 0.3) is 0 Å². The Morgan fingerprint density at radius 3 is 2.65 bits per heavy atom. The highest BCUT2D eigenvalue weighted by Gasteiger charge is 2.27. The zero-order valence-electron chi connectivity index (χ0n) is 13.8. The average Bonchev–Trinajstić information content (AvgIpc) is 2.65. The average molecular weight is 316 g/mol. The van der Waals surface area contributed by atoms with Crippen molar-refractivity contribution < 1.29 is 4.79 Å². The van der Waals surface area contributed by atoms with E-state index in [0.29, 0.717) is 18.4 Å². The van der Waals surface area contributed by atoms with Crippen LogP contribution in [0.1, 0.15) is 65.5 Å². The highest BCUT2D eigenvalue weighted by molar-refractivity contribution is 5.91. The summed E-state index contributed by atoms with van der Waals surface area (Å²) in [7, 11) is 0. The van der Waals surface area contributed by atoms with E-state index in [2.05, 4.69) is 40.6 Å². The molecule has 0 aliphatic heterocycles. The fourth-order valence-corrected chi connectivity index (χ4v) is 2.84. The van der Waals surface area contributed by atoms with Gasteiger partial charge < -0.3 is 0 Å². The Morgan fingerprint density at radius 2 is 2.09 bits per heavy atom. The van der Waals surface area contributed by atoms with Gasteiger partial charge in [-0.2, -0.15) is 0 Å². The first kappa shape index (κ1) is 17.4. The molecule has 0 atom stereocenters. The van der Waals surface area contributed by atoms with Gasteiger partial charge >= 0.3 is 0 Å². The Balaban J connectivity index is 0.00000192. The molecular weight excluding hydrogens is 288 g/mol. The van der Waals surface area contributed by atoms with Crippen LogP contribution < -0.4 is 5.32 Å². The lowest BCUT2D eigenvalue weighted by atomic mass is 9.92. The fourth-order valence-electron chi connectivity index (χ4n) is 2.84. The second-order valence-corrected chi connectivity index (χ2v) is 7.48.